The Balaban J connectivity index is 2.39. The van der Waals surface area contributed by atoms with Crippen molar-refractivity contribution in [3.63, 3.8) is 0 Å². The lowest BCUT2D eigenvalue weighted by Gasteiger charge is -2.12. The van der Waals surface area contributed by atoms with E-state index in [2.05, 4.69) is 10.4 Å². The number of nitrogens with one attached hydrogen (secondary N) is 1. The average molecular weight is 184 g/mol. The first-order valence-corrected chi connectivity index (χ1v) is 4.35. The predicted molar refractivity (Wildman–Crippen MR) is 46.7 cm³/mol. The van der Waals surface area contributed by atoms with Crippen molar-refractivity contribution < 1.29 is 5.11 Å². The number of hydrogen-bond acceptors (Lipinski definition) is 4. The minimum atomic E-state index is -0.142. The van der Waals surface area contributed by atoms with E-state index in [1.54, 1.807) is 4.57 Å². The minimum Gasteiger partial charge on any atom is -0.394 e. The Morgan fingerprint density at radius 2 is 2.46 bits per heavy atom. The molecule has 1 aliphatic heterocycles. The summed E-state index contributed by atoms with van der Waals surface area (Å²) < 4.78 is 2.88. The fourth-order valence-electron chi connectivity index (χ4n) is 1.45. The van der Waals surface area contributed by atoms with E-state index in [0.717, 1.165) is 13.0 Å². The first-order chi connectivity index (χ1) is 6.33. The van der Waals surface area contributed by atoms with Crippen LogP contribution in [0.25, 0.3) is 0 Å². The topological polar surface area (TPSA) is 72.1 Å². The van der Waals surface area contributed by atoms with Crippen molar-refractivity contribution in [2.45, 2.75) is 19.5 Å². The smallest absolute Gasteiger partial charge is 0.347 e. The number of nitrogens with zero attached hydrogens (tertiary/aromatic N) is 3. The second-order valence-corrected chi connectivity index (χ2v) is 2.98. The molecule has 0 radical (unpaired) electrons. The molecule has 6 heteroatoms. The molecule has 0 aromatic carbocycles. The van der Waals surface area contributed by atoms with Gasteiger partial charge in [0.2, 0.25) is 5.95 Å². The van der Waals surface area contributed by atoms with Crippen LogP contribution in [0.4, 0.5) is 5.95 Å². The van der Waals surface area contributed by atoms with E-state index in [4.69, 9.17) is 5.11 Å². The molecule has 0 saturated heterocycles. The molecule has 0 fully saturated rings. The quantitative estimate of drug-likeness (QED) is 0.609. The molecule has 1 aromatic heterocycles. The molecule has 6 nitrogen and oxygen atoms in total. The Bertz CT molecular complexity index is 354. The Hall–Kier alpha value is -1.30. The molecule has 72 valence electrons. The van der Waals surface area contributed by atoms with Gasteiger partial charge in [-0.05, 0) is 6.42 Å². The highest BCUT2D eigenvalue weighted by molar-refractivity contribution is 5.25. The van der Waals surface area contributed by atoms with Gasteiger partial charge in [-0.15, -0.1) is 5.10 Å². The maximum Gasteiger partial charge on any atom is 0.347 e. The van der Waals surface area contributed by atoms with Gasteiger partial charge in [0.25, 0.3) is 0 Å². The molecule has 1 aromatic rings. The molecule has 0 spiro atoms. The van der Waals surface area contributed by atoms with Crippen molar-refractivity contribution in [1.82, 2.24) is 14.3 Å². The second kappa shape index (κ2) is 3.21. The molecule has 2 rings (SSSR count). The van der Waals surface area contributed by atoms with Gasteiger partial charge >= 0.3 is 5.69 Å². The van der Waals surface area contributed by atoms with Crippen molar-refractivity contribution in [2.24, 2.45) is 0 Å². The van der Waals surface area contributed by atoms with Gasteiger partial charge < -0.3 is 10.4 Å². The van der Waals surface area contributed by atoms with E-state index in [1.807, 2.05) is 0 Å². The lowest BCUT2D eigenvalue weighted by molar-refractivity contribution is 0.266. The number of aliphatic hydroxyl groups is 1. The van der Waals surface area contributed by atoms with Crippen molar-refractivity contribution in [2.75, 3.05) is 18.5 Å². The highest BCUT2D eigenvalue weighted by Gasteiger charge is 2.15. The van der Waals surface area contributed by atoms with Crippen LogP contribution in [0, 0.1) is 0 Å². The van der Waals surface area contributed by atoms with Crippen molar-refractivity contribution >= 4 is 5.95 Å². The molecule has 13 heavy (non-hydrogen) atoms. The molecular weight excluding hydrogens is 172 g/mol. The fraction of sp³-hybridized carbons (Fsp3) is 0.714. The van der Waals surface area contributed by atoms with Gasteiger partial charge in [0.15, 0.2) is 0 Å². The first-order valence-electron chi connectivity index (χ1n) is 4.35. The van der Waals surface area contributed by atoms with Gasteiger partial charge in [-0.25, -0.2) is 9.48 Å². The third-order valence-electron chi connectivity index (χ3n) is 2.08. The number of anilines is 1. The number of fused-ring (bicyclic) bond motifs is 1. The van der Waals surface area contributed by atoms with Crippen LogP contribution >= 0.6 is 0 Å². The normalized spacial score (nSPS) is 15.2. The number of rotatable bonds is 2. The zero-order valence-corrected chi connectivity index (χ0v) is 7.23. The third kappa shape index (κ3) is 1.33. The number of aliphatic hydroxyl groups excluding tert-OH is 1. The standard InChI is InChI=1S/C7H12N4O2/c12-5-4-11-7(13)10-3-1-2-8-6(10)9-11/h12H,1-5H2,(H,8,9). The van der Waals surface area contributed by atoms with E-state index in [0.29, 0.717) is 12.5 Å². The van der Waals surface area contributed by atoms with E-state index in [1.165, 1.54) is 4.68 Å². The Labute approximate surface area is 74.8 Å². The van der Waals surface area contributed by atoms with Crippen LogP contribution in [0.15, 0.2) is 4.79 Å². The zero-order valence-electron chi connectivity index (χ0n) is 7.23. The molecule has 0 saturated carbocycles. The monoisotopic (exact) mass is 184 g/mol. The molecule has 1 aliphatic rings. The van der Waals surface area contributed by atoms with Crippen LogP contribution < -0.4 is 11.0 Å². The summed E-state index contributed by atoms with van der Waals surface area (Å²) in [6.07, 6.45) is 0.942. The highest BCUT2D eigenvalue weighted by atomic mass is 16.3. The Kier molecular flexibility index (Phi) is 2.05. The summed E-state index contributed by atoms with van der Waals surface area (Å²) in [5.41, 5.74) is -0.142. The molecule has 2 heterocycles. The van der Waals surface area contributed by atoms with E-state index in [9.17, 15) is 4.79 Å². The summed E-state index contributed by atoms with van der Waals surface area (Å²) in [6, 6.07) is 0. The van der Waals surface area contributed by atoms with Gasteiger partial charge in [0.1, 0.15) is 0 Å². The molecule has 0 atom stereocenters. The molecule has 0 unspecified atom stereocenters. The predicted octanol–water partition coefficient (Wildman–Crippen LogP) is -1.15. The summed E-state index contributed by atoms with van der Waals surface area (Å²) in [4.78, 5) is 11.5. The van der Waals surface area contributed by atoms with Gasteiger partial charge in [-0.1, -0.05) is 0 Å². The number of aromatic nitrogens is 3. The SMILES string of the molecule is O=c1n(CCO)nc2n1CCCN2. The molecule has 2 N–H and O–H groups in total. The summed E-state index contributed by atoms with van der Waals surface area (Å²) in [6.45, 7) is 1.78. The van der Waals surface area contributed by atoms with Crippen LogP contribution in [-0.4, -0.2) is 32.6 Å². The van der Waals surface area contributed by atoms with Crippen molar-refractivity contribution in [1.29, 1.82) is 0 Å². The average Bonchev–Trinajstić information content (AvgIpc) is 2.46. The van der Waals surface area contributed by atoms with Gasteiger partial charge in [-0.3, -0.25) is 4.57 Å². The zero-order chi connectivity index (χ0) is 9.26. The molecule has 0 aliphatic carbocycles. The summed E-state index contributed by atoms with van der Waals surface area (Å²) in [5.74, 6) is 0.615. The summed E-state index contributed by atoms with van der Waals surface area (Å²) >= 11 is 0. The summed E-state index contributed by atoms with van der Waals surface area (Å²) in [5, 5.41) is 15.7. The van der Waals surface area contributed by atoms with Crippen molar-refractivity contribution in [3.8, 4) is 0 Å². The molecule has 0 amide bonds. The lowest BCUT2D eigenvalue weighted by atomic mass is 10.4. The van der Waals surface area contributed by atoms with E-state index in [-0.39, 0.29) is 18.8 Å². The van der Waals surface area contributed by atoms with E-state index < -0.39 is 0 Å². The number of hydrogen-bond donors (Lipinski definition) is 2. The highest BCUT2D eigenvalue weighted by Crippen LogP contribution is 2.06. The van der Waals surface area contributed by atoms with Crippen LogP contribution in [0.3, 0.4) is 0 Å². The first kappa shape index (κ1) is 8.31. The largest absolute Gasteiger partial charge is 0.394 e. The van der Waals surface area contributed by atoms with Crippen LogP contribution in [0.5, 0.6) is 0 Å². The lowest BCUT2D eigenvalue weighted by Crippen LogP contribution is -2.29. The molecule has 0 bridgehead atoms. The third-order valence-corrected chi connectivity index (χ3v) is 2.08. The minimum absolute atomic E-state index is 0.0592. The Morgan fingerprint density at radius 1 is 1.62 bits per heavy atom. The van der Waals surface area contributed by atoms with E-state index >= 15 is 0 Å². The van der Waals surface area contributed by atoms with Gasteiger partial charge in [0, 0.05) is 13.1 Å². The van der Waals surface area contributed by atoms with Crippen LogP contribution in [0.1, 0.15) is 6.42 Å². The molecular formula is C7H12N4O2. The maximum atomic E-state index is 11.5. The van der Waals surface area contributed by atoms with Crippen LogP contribution in [-0.2, 0) is 13.1 Å². The second-order valence-electron chi connectivity index (χ2n) is 2.98. The fourth-order valence-corrected chi connectivity index (χ4v) is 1.45. The van der Waals surface area contributed by atoms with Crippen molar-refractivity contribution in [3.05, 3.63) is 10.5 Å². The van der Waals surface area contributed by atoms with Gasteiger partial charge in [-0.2, -0.15) is 0 Å². The van der Waals surface area contributed by atoms with Crippen LogP contribution in [0.2, 0.25) is 0 Å². The van der Waals surface area contributed by atoms with Gasteiger partial charge in [0.05, 0.1) is 13.2 Å². The summed E-state index contributed by atoms with van der Waals surface area (Å²) in [7, 11) is 0. The Morgan fingerprint density at radius 3 is 3.15 bits per heavy atom. The maximum absolute atomic E-state index is 11.5.